The highest BCUT2D eigenvalue weighted by molar-refractivity contribution is 5.85. The fourth-order valence-corrected chi connectivity index (χ4v) is 4.13. The molecule has 5 heteroatoms. The van der Waals surface area contributed by atoms with Crippen molar-refractivity contribution in [3.63, 3.8) is 0 Å². The lowest BCUT2D eigenvalue weighted by Gasteiger charge is -2.43. The lowest BCUT2D eigenvalue weighted by atomic mass is 9.65. The Morgan fingerprint density at radius 3 is 2.46 bits per heavy atom. The lowest BCUT2D eigenvalue weighted by Crippen LogP contribution is -2.49. The Morgan fingerprint density at radius 2 is 1.83 bits per heavy atom. The topological polar surface area (TPSA) is 64.3 Å². The Labute approximate surface area is 150 Å². The maximum atomic E-state index is 12.4. The second kappa shape index (κ2) is 8.72. The standard InChI is InChI=1S/C19H28N2O2.ClH/c1-13-5-7-17(8-6-13)23-10-9-21-19(22)16-11-14-3-2-4-15(12-16)18(14)20;/h5-8,14-16,18H,2-4,9-12,20H2,1H3,(H,21,22);1H. The van der Waals surface area contributed by atoms with Crippen LogP contribution in [-0.4, -0.2) is 25.1 Å². The van der Waals surface area contributed by atoms with Crippen LogP contribution in [-0.2, 0) is 4.79 Å². The summed E-state index contributed by atoms with van der Waals surface area (Å²) in [5.41, 5.74) is 7.51. The average molecular weight is 353 g/mol. The van der Waals surface area contributed by atoms with Gasteiger partial charge in [-0.1, -0.05) is 24.1 Å². The second-order valence-corrected chi connectivity index (χ2v) is 7.15. The molecule has 0 aromatic heterocycles. The predicted molar refractivity (Wildman–Crippen MR) is 98.5 cm³/mol. The first-order valence-electron chi connectivity index (χ1n) is 8.86. The quantitative estimate of drug-likeness (QED) is 0.800. The molecule has 1 aromatic carbocycles. The summed E-state index contributed by atoms with van der Waals surface area (Å²) in [6.45, 7) is 3.12. The number of halogens is 1. The molecule has 0 heterocycles. The van der Waals surface area contributed by atoms with Gasteiger partial charge in [0.05, 0.1) is 6.54 Å². The molecule has 0 radical (unpaired) electrons. The Hall–Kier alpha value is -1.26. The lowest BCUT2D eigenvalue weighted by molar-refractivity contribution is -0.128. The summed E-state index contributed by atoms with van der Waals surface area (Å²) < 4.78 is 5.66. The summed E-state index contributed by atoms with van der Waals surface area (Å²) in [4.78, 5) is 12.4. The third-order valence-corrected chi connectivity index (χ3v) is 5.47. The van der Waals surface area contributed by atoms with E-state index in [-0.39, 0.29) is 24.2 Å². The first kappa shape index (κ1) is 19.1. The van der Waals surface area contributed by atoms with E-state index in [4.69, 9.17) is 10.5 Å². The zero-order valence-corrected chi connectivity index (χ0v) is 15.2. The van der Waals surface area contributed by atoms with Crippen molar-refractivity contribution < 1.29 is 9.53 Å². The van der Waals surface area contributed by atoms with Crippen LogP contribution in [0.4, 0.5) is 0 Å². The summed E-state index contributed by atoms with van der Waals surface area (Å²) in [6.07, 6.45) is 5.59. The summed E-state index contributed by atoms with van der Waals surface area (Å²) in [5.74, 6) is 2.26. The van der Waals surface area contributed by atoms with Gasteiger partial charge in [-0.15, -0.1) is 12.4 Å². The average Bonchev–Trinajstić information content (AvgIpc) is 2.53. The molecule has 2 aliphatic rings. The summed E-state index contributed by atoms with van der Waals surface area (Å²) >= 11 is 0. The number of aryl methyl sites for hydroxylation is 1. The van der Waals surface area contributed by atoms with Crippen molar-refractivity contribution in [3.05, 3.63) is 29.8 Å². The highest BCUT2D eigenvalue weighted by Gasteiger charge is 2.40. The molecule has 0 saturated heterocycles. The van der Waals surface area contributed by atoms with E-state index < -0.39 is 0 Å². The van der Waals surface area contributed by atoms with Gasteiger partial charge in [-0.3, -0.25) is 4.79 Å². The van der Waals surface area contributed by atoms with Gasteiger partial charge < -0.3 is 15.8 Å². The highest BCUT2D eigenvalue weighted by Crippen LogP contribution is 2.41. The normalized spacial score (nSPS) is 28.6. The SMILES string of the molecule is Cc1ccc(OCCNC(=O)C2CC3CCCC(C2)C3N)cc1.Cl. The third-order valence-electron chi connectivity index (χ3n) is 5.47. The van der Waals surface area contributed by atoms with E-state index in [2.05, 4.69) is 12.2 Å². The van der Waals surface area contributed by atoms with Crippen LogP contribution in [0.25, 0.3) is 0 Å². The van der Waals surface area contributed by atoms with Crippen molar-refractivity contribution >= 4 is 18.3 Å². The summed E-state index contributed by atoms with van der Waals surface area (Å²) in [5, 5.41) is 3.03. The first-order chi connectivity index (χ1) is 11.1. The van der Waals surface area contributed by atoms with E-state index in [0.717, 1.165) is 18.6 Å². The minimum Gasteiger partial charge on any atom is -0.492 e. The van der Waals surface area contributed by atoms with Crippen molar-refractivity contribution in [2.45, 2.75) is 45.1 Å². The van der Waals surface area contributed by atoms with Crippen LogP contribution in [0.1, 0.15) is 37.7 Å². The van der Waals surface area contributed by atoms with Gasteiger partial charge in [0.15, 0.2) is 0 Å². The molecule has 2 saturated carbocycles. The number of fused-ring (bicyclic) bond motifs is 2. The fourth-order valence-electron chi connectivity index (χ4n) is 4.13. The van der Waals surface area contributed by atoms with Gasteiger partial charge >= 0.3 is 0 Å². The van der Waals surface area contributed by atoms with Crippen LogP contribution in [0.5, 0.6) is 5.75 Å². The van der Waals surface area contributed by atoms with E-state index in [1.165, 1.54) is 24.8 Å². The van der Waals surface area contributed by atoms with Gasteiger partial charge in [0.2, 0.25) is 5.91 Å². The molecule has 3 N–H and O–H groups in total. The molecule has 24 heavy (non-hydrogen) atoms. The van der Waals surface area contributed by atoms with Crippen LogP contribution in [0.2, 0.25) is 0 Å². The highest BCUT2D eigenvalue weighted by atomic mass is 35.5. The molecule has 2 fully saturated rings. The molecule has 0 aliphatic heterocycles. The van der Waals surface area contributed by atoms with Gasteiger partial charge in [0.25, 0.3) is 0 Å². The number of hydrogen-bond acceptors (Lipinski definition) is 3. The Morgan fingerprint density at radius 1 is 1.21 bits per heavy atom. The molecule has 1 aromatic rings. The molecule has 2 aliphatic carbocycles. The molecule has 134 valence electrons. The van der Waals surface area contributed by atoms with E-state index in [9.17, 15) is 4.79 Å². The zero-order chi connectivity index (χ0) is 16.2. The van der Waals surface area contributed by atoms with Crippen molar-refractivity contribution in [1.82, 2.24) is 5.32 Å². The zero-order valence-electron chi connectivity index (χ0n) is 14.4. The van der Waals surface area contributed by atoms with Crippen molar-refractivity contribution in [2.24, 2.45) is 23.5 Å². The monoisotopic (exact) mass is 352 g/mol. The van der Waals surface area contributed by atoms with Crippen LogP contribution in [0.3, 0.4) is 0 Å². The van der Waals surface area contributed by atoms with Gasteiger partial charge in [0.1, 0.15) is 12.4 Å². The largest absolute Gasteiger partial charge is 0.492 e. The van der Waals surface area contributed by atoms with E-state index in [0.29, 0.717) is 31.0 Å². The molecule has 1 amide bonds. The Bertz CT molecular complexity index is 521. The van der Waals surface area contributed by atoms with Crippen LogP contribution >= 0.6 is 12.4 Å². The molecular weight excluding hydrogens is 324 g/mol. The van der Waals surface area contributed by atoms with Gasteiger partial charge in [-0.25, -0.2) is 0 Å². The molecule has 2 atom stereocenters. The van der Waals surface area contributed by atoms with Crippen LogP contribution < -0.4 is 15.8 Å². The number of nitrogens with one attached hydrogen (secondary N) is 1. The number of hydrogen-bond donors (Lipinski definition) is 2. The number of amides is 1. The van der Waals surface area contributed by atoms with E-state index in [1.54, 1.807) is 0 Å². The van der Waals surface area contributed by atoms with Crippen molar-refractivity contribution in [1.29, 1.82) is 0 Å². The van der Waals surface area contributed by atoms with Gasteiger partial charge in [0, 0.05) is 12.0 Å². The van der Waals surface area contributed by atoms with Gasteiger partial charge in [-0.2, -0.15) is 0 Å². The molecule has 0 spiro atoms. The number of ether oxygens (including phenoxy) is 1. The second-order valence-electron chi connectivity index (χ2n) is 7.15. The third kappa shape index (κ3) is 4.64. The number of carbonyl (C=O) groups is 1. The predicted octanol–water partition coefficient (Wildman–Crippen LogP) is 3.07. The van der Waals surface area contributed by atoms with Crippen LogP contribution in [0.15, 0.2) is 24.3 Å². The minimum atomic E-state index is 0. The maximum Gasteiger partial charge on any atom is 0.223 e. The maximum absolute atomic E-state index is 12.4. The smallest absolute Gasteiger partial charge is 0.223 e. The van der Waals surface area contributed by atoms with E-state index >= 15 is 0 Å². The van der Waals surface area contributed by atoms with Gasteiger partial charge in [-0.05, 0) is 56.6 Å². The fraction of sp³-hybridized carbons (Fsp3) is 0.632. The van der Waals surface area contributed by atoms with Crippen molar-refractivity contribution in [2.75, 3.05) is 13.2 Å². The first-order valence-corrected chi connectivity index (χ1v) is 8.86. The molecule has 2 bridgehead atoms. The number of rotatable bonds is 5. The van der Waals surface area contributed by atoms with Crippen molar-refractivity contribution in [3.8, 4) is 5.75 Å². The molecule has 3 rings (SSSR count). The summed E-state index contributed by atoms with van der Waals surface area (Å²) in [7, 11) is 0. The number of carbonyl (C=O) groups excluding carboxylic acids is 1. The minimum absolute atomic E-state index is 0. The summed E-state index contributed by atoms with van der Waals surface area (Å²) in [6, 6.07) is 8.29. The number of nitrogens with two attached hydrogens (primary N) is 1. The number of benzene rings is 1. The Balaban J connectivity index is 0.00000208. The molecule has 4 nitrogen and oxygen atoms in total. The Kier molecular flexibility index (Phi) is 6.93. The van der Waals surface area contributed by atoms with E-state index in [1.807, 2.05) is 24.3 Å². The van der Waals surface area contributed by atoms with Crippen LogP contribution in [0, 0.1) is 24.7 Å². The molecular formula is C19H29ClN2O2. The molecule has 2 unspecified atom stereocenters.